The third kappa shape index (κ3) is 6.10. The maximum atomic E-state index is 5.84. The summed E-state index contributed by atoms with van der Waals surface area (Å²) in [6.07, 6.45) is 1.78. The lowest BCUT2D eigenvalue weighted by molar-refractivity contribution is 0.322. The zero-order valence-electron chi connectivity index (χ0n) is 15.3. The Morgan fingerprint density at radius 3 is 2.67 bits per heavy atom. The Balaban J connectivity index is 0.00000261. The molecule has 2 N–H and O–H groups in total. The fraction of sp³-hybridized carbons (Fsp3) is 0.263. The van der Waals surface area contributed by atoms with Gasteiger partial charge in [-0.3, -0.25) is 9.67 Å². The van der Waals surface area contributed by atoms with Crippen molar-refractivity contribution in [3.63, 3.8) is 0 Å². The number of halogens is 2. The van der Waals surface area contributed by atoms with Gasteiger partial charge in [-0.15, -0.1) is 24.0 Å². The van der Waals surface area contributed by atoms with Crippen LogP contribution in [-0.4, -0.2) is 35.9 Å². The number of nitrogens with one attached hydrogen (secondary N) is 2. The fourth-order valence-corrected chi connectivity index (χ4v) is 2.97. The minimum atomic E-state index is 0. The average Bonchev–Trinajstić information content (AvgIpc) is 3.06. The average molecular weight is 544 g/mol. The highest BCUT2D eigenvalue weighted by atomic mass is 127. The molecule has 0 fully saturated rings. The summed E-state index contributed by atoms with van der Waals surface area (Å²) in [6.45, 7) is 1.87. The van der Waals surface area contributed by atoms with Crippen molar-refractivity contribution in [1.82, 2.24) is 20.4 Å². The van der Waals surface area contributed by atoms with E-state index in [1.807, 2.05) is 29.9 Å². The van der Waals surface area contributed by atoms with Gasteiger partial charge in [-0.2, -0.15) is 5.10 Å². The zero-order chi connectivity index (χ0) is 18.4. The van der Waals surface area contributed by atoms with Crippen LogP contribution < -0.4 is 15.4 Å². The molecule has 2 aromatic carbocycles. The third-order valence-corrected chi connectivity index (χ3v) is 4.51. The van der Waals surface area contributed by atoms with Gasteiger partial charge in [0.15, 0.2) is 5.96 Å². The zero-order valence-corrected chi connectivity index (χ0v) is 19.2. The van der Waals surface area contributed by atoms with Gasteiger partial charge in [0.2, 0.25) is 0 Å². The molecule has 0 spiro atoms. The first kappa shape index (κ1) is 21.5. The van der Waals surface area contributed by atoms with Gasteiger partial charge < -0.3 is 15.4 Å². The molecule has 144 valence electrons. The number of nitrogens with zero attached hydrogens (tertiary/aromatic N) is 3. The maximum Gasteiger partial charge on any atom is 0.191 e. The van der Waals surface area contributed by atoms with Gasteiger partial charge in [0, 0.05) is 24.8 Å². The molecule has 0 aliphatic heterocycles. The van der Waals surface area contributed by atoms with Crippen LogP contribution in [0.2, 0.25) is 0 Å². The van der Waals surface area contributed by atoms with Gasteiger partial charge in [0.05, 0.1) is 18.8 Å². The Morgan fingerprint density at radius 2 is 1.93 bits per heavy atom. The number of ether oxygens (including phenoxy) is 1. The van der Waals surface area contributed by atoms with Crippen LogP contribution in [0.1, 0.15) is 5.69 Å². The normalized spacial score (nSPS) is 11.1. The summed E-state index contributed by atoms with van der Waals surface area (Å²) < 4.78 is 8.75. The standard InChI is InChI=1S/C19H22BrN5O.HI/c1-21-19(23-13-17-7-8-24-25(17)2)22-9-10-26-18-6-4-14-11-16(20)5-3-15(14)12-18;/h3-8,11-12H,9-10,13H2,1-2H3,(H2,21,22,23);1H. The third-order valence-electron chi connectivity index (χ3n) is 4.02. The highest BCUT2D eigenvalue weighted by Gasteiger charge is 2.02. The van der Waals surface area contributed by atoms with Crippen LogP contribution in [0.3, 0.4) is 0 Å². The lowest BCUT2D eigenvalue weighted by atomic mass is 10.1. The molecule has 0 saturated carbocycles. The largest absolute Gasteiger partial charge is 0.492 e. The van der Waals surface area contributed by atoms with E-state index >= 15 is 0 Å². The Bertz CT molecular complexity index is 912. The molecule has 0 aliphatic rings. The van der Waals surface area contributed by atoms with Crippen molar-refractivity contribution in [2.45, 2.75) is 6.54 Å². The number of hydrogen-bond donors (Lipinski definition) is 2. The molecule has 0 bridgehead atoms. The van der Waals surface area contributed by atoms with Gasteiger partial charge in [-0.25, -0.2) is 0 Å². The van der Waals surface area contributed by atoms with E-state index in [1.54, 1.807) is 13.2 Å². The van der Waals surface area contributed by atoms with Crippen molar-refractivity contribution in [3.05, 3.63) is 58.8 Å². The second-order valence-corrected chi connectivity index (χ2v) is 6.72. The van der Waals surface area contributed by atoms with Crippen LogP contribution in [0.5, 0.6) is 5.75 Å². The first-order valence-electron chi connectivity index (χ1n) is 8.39. The molecule has 3 rings (SSSR count). The van der Waals surface area contributed by atoms with Crippen LogP contribution in [0.4, 0.5) is 0 Å². The van der Waals surface area contributed by atoms with Crippen LogP contribution in [0.15, 0.2) is 58.1 Å². The van der Waals surface area contributed by atoms with Gasteiger partial charge in [-0.05, 0) is 41.1 Å². The van der Waals surface area contributed by atoms with Crippen molar-refractivity contribution >= 4 is 56.6 Å². The molecule has 6 nitrogen and oxygen atoms in total. The van der Waals surface area contributed by atoms with E-state index in [9.17, 15) is 0 Å². The van der Waals surface area contributed by atoms with E-state index in [4.69, 9.17) is 4.74 Å². The molecule has 0 aliphatic carbocycles. The number of aromatic nitrogens is 2. The Labute approximate surface area is 184 Å². The van der Waals surface area contributed by atoms with E-state index in [1.165, 1.54) is 5.39 Å². The summed E-state index contributed by atoms with van der Waals surface area (Å²) in [5, 5.41) is 13.0. The molecule has 1 aromatic heterocycles. The number of rotatable bonds is 6. The molecular formula is C19H23BrIN5O. The first-order chi connectivity index (χ1) is 12.7. The first-order valence-corrected chi connectivity index (χ1v) is 9.18. The van der Waals surface area contributed by atoms with E-state index in [0.717, 1.165) is 27.3 Å². The minimum Gasteiger partial charge on any atom is -0.492 e. The van der Waals surface area contributed by atoms with Crippen LogP contribution in [-0.2, 0) is 13.6 Å². The number of aliphatic imine (C=N–C) groups is 1. The van der Waals surface area contributed by atoms with Crippen molar-refractivity contribution in [1.29, 1.82) is 0 Å². The molecular weight excluding hydrogens is 521 g/mol. The second kappa shape index (κ2) is 10.5. The molecule has 27 heavy (non-hydrogen) atoms. The summed E-state index contributed by atoms with van der Waals surface area (Å²) in [5.41, 5.74) is 1.09. The van der Waals surface area contributed by atoms with Gasteiger partial charge in [-0.1, -0.05) is 28.1 Å². The molecule has 0 saturated heterocycles. The van der Waals surface area contributed by atoms with Crippen LogP contribution in [0, 0.1) is 0 Å². The van der Waals surface area contributed by atoms with Gasteiger partial charge in [0.1, 0.15) is 12.4 Å². The topological polar surface area (TPSA) is 63.5 Å². The molecule has 0 atom stereocenters. The number of fused-ring (bicyclic) bond motifs is 1. The molecule has 0 unspecified atom stereocenters. The van der Waals surface area contributed by atoms with Crippen LogP contribution >= 0.6 is 39.9 Å². The summed E-state index contributed by atoms with van der Waals surface area (Å²) in [7, 11) is 3.67. The van der Waals surface area contributed by atoms with Crippen molar-refractivity contribution in [3.8, 4) is 5.75 Å². The lowest BCUT2D eigenvalue weighted by Gasteiger charge is -2.13. The van der Waals surface area contributed by atoms with Crippen molar-refractivity contribution < 1.29 is 4.74 Å². The van der Waals surface area contributed by atoms with Crippen LogP contribution in [0.25, 0.3) is 10.8 Å². The summed E-state index contributed by atoms with van der Waals surface area (Å²) in [4.78, 5) is 4.22. The highest BCUT2D eigenvalue weighted by molar-refractivity contribution is 14.0. The number of hydrogen-bond acceptors (Lipinski definition) is 3. The molecule has 0 radical (unpaired) electrons. The maximum absolute atomic E-state index is 5.84. The Morgan fingerprint density at radius 1 is 1.15 bits per heavy atom. The van der Waals surface area contributed by atoms with Crippen molar-refractivity contribution in [2.75, 3.05) is 20.2 Å². The second-order valence-electron chi connectivity index (χ2n) is 5.80. The van der Waals surface area contributed by atoms with E-state index in [-0.39, 0.29) is 24.0 Å². The van der Waals surface area contributed by atoms with Gasteiger partial charge >= 0.3 is 0 Å². The molecule has 8 heteroatoms. The van der Waals surface area contributed by atoms with E-state index < -0.39 is 0 Å². The highest BCUT2D eigenvalue weighted by Crippen LogP contribution is 2.23. The Hall–Kier alpha value is -1.81. The number of benzene rings is 2. The number of guanidine groups is 1. The van der Waals surface area contributed by atoms with Gasteiger partial charge in [0.25, 0.3) is 0 Å². The predicted molar refractivity (Wildman–Crippen MR) is 124 cm³/mol. The van der Waals surface area contributed by atoms with Crippen molar-refractivity contribution in [2.24, 2.45) is 12.0 Å². The summed E-state index contributed by atoms with van der Waals surface area (Å²) >= 11 is 3.49. The lowest BCUT2D eigenvalue weighted by Crippen LogP contribution is -2.39. The SMILES string of the molecule is CN=C(NCCOc1ccc2cc(Br)ccc2c1)NCc1ccnn1C.I. The summed E-state index contributed by atoms with van der Waals surface area (Å²) in [6, 6.07) is 14.3. The molecule has 0 amide bonds. The quantitative estimate of drug-likeness (QED) is 0.215. The fourth-order valence-electron chi connectivity index (χ4n) is 2.59. The Kier molecular flexibility index (Phi) is 8.36. The minimum absolute atomic E-state index is 0. The van der Waals surface area contributed by atoms with E-state index in [0.29, 0.717) is 19.7 Å². The summed E-state index contributed by atoms with van der Waals surface area (Å²) in [5.74, 6) is 1.60. The molecule has 1 heterocycles. The monoisotopic (exact) mass is 543 g/mol. The van der Waals surface area contributed by atoms with E-state index in [2.05, 4.69) is 60.9 Å². The predicted octanol–water partition coefficient (Wildman–Crippen LogP) is 3.70. The molecule has 3 aromatic rings. The smallest absolute Gasteiger partial charge is 0.191 e. The number of aryl methyl sites for hydroxylation is 1.